The summed E-state index contributed by atoms with van der Waals surface area (Å²) in [5.41, 5.74) is 0.208. The van der Waals surface area contributed by atoms with Crippen LogP contribution in [0.4, 0.5) is 0 Å². The number of benzene rings is 1. The van der Waals surface area contributed by atoms with Crippen molar-refractivity contribution in [3.05, 3.63) is 35.9 Å². The maximum Gasteiger partial charge on any atom is 0.377 e. The van der Waals surface area contributed by atoms with Gasteiger partial charge in [-0.25, -0.2) is 4.79 Å². The van der Waals surface area contributed by atoms with E-state index in [1.54, 1.807) is 18.2 Å². The van der Waals surface area contributed by atoms with Gasteiger partial charge in [0.05, 0.1) is 0 Å². The zero-order chi connectivity index (χ0) is 8.27. The normalized spacial score (nSPS) is 9.09. The van der Waals surface area contributed by atoms with Crippen molar-refractivity contribution in [2.24, 2.45) is 0 Å². The van der Waals surface area contributed by atoms with Crippen LogP contribution in [-0.4, -0.2) is 16.9 Å². The highest BCUT2D eigenvalue weighted by Gasteiger charge is 2.12. The van der Waals surface area contributed by atoms with Crippen molar-refractivity contribution < 1.29 is 14.7 Å². The van der Waals surface area contributed by atoms with E-state index in [9.17, 15) is 9.59 Å². The fourth-order valence-corrected chi connectivity index (χ4v) is 0.713. The largest absolute Gasteiger partial charge is 0.475 e. The lowest BCUT2D eigenvalue weighted by Crippen LogP contribution is -2.12. The van der Waals surface area contributed by atoms with E-state index < -0.39 is 11.8 Å². The highest BCUT2D eigenvalue weighted by molar-refractivity contribution is 6.39. The molecule has 3 heteroatoms. The Morgan fingerprint density at radius 2 is 1.64 bits per heavy atom. The monoisotopic (exact) mass is 152 g/mol. The van der Waals surface area contributed by atoms with E-state index in [1.165, 1.54) is 12.1 Å². The van der Waals surface area contributed by atoms with Gasteiger partial charge in [-0.2, -0.15) is 0 Å². The van der Waals surface area contributed by atoms with E-state index in [4.69, 9.17) is 5.11 Å². The molecule has 0 amide bonds. The molecule has 11 heavy (non-hydrogen) atoms. The molecule has 0 aliphatic rings. The van der Waals surface area contributed by atoms with Gasteiger partial charge in [0.2, 0.25) is 0 Å². The van der Waals surface area contributed by atoms with Crippen molar-refractivity contribution in [1.82, 2.24) is 0 Å². The minimum absolute atomic E-state index is 0.208. The van der Waals surface area contributed by atoms with E-state index in [1.807, 2.05) is 0 Å². The zero-order valence-electron chi connectivity index (χ0n) is 5.65. The zero-order valence-corrected chi connectivity index (χ0v) is 5.65. The van der Waals surface area contributed by atoms with Gasteiger partial charge in [-0.1, -0.05) is 30.3 Å². The summed E-state index contributed by atoms with van der Waals surface area (Å²) in [4.78, 5) is 20.9. The molecule has 0 saturated heterocycles. The van der Waals surface area contributed by atoms with Crippen molar-refractivity contribution in [3.63, 3.8) is 0 Å². The number of aliphatic carboxylic acids is 1. The second-order valence-electron chi connectivity index (χ2n) is 2.00. The van der Waals surface area contributed by atoms with Crippen molar-refractivity contribution in [2.75, 3.05) is 0 Å². The molecule has 1 aromatic carbocycles. The van der Waals surface area contributed by atoms with Gasteiger partial charge in [0.1, 0.15) is 0 Å². The summed E-state index contributed by atoms with van der Waals surface area (Å²) in [5, 5.41) is 8.29. The fraction of sp³-hybridized carbons (Fsp3) is 0. The van der Waals surface area contributed by atoms with E-state index in [0.29, 0.717) is 0 Å². The Morgan fingerprint density at radius 3 is 2.09 bits per heavy atom. The van der Waals surface area contributed by atoms with Crippen molar-refractivity contribution in [3.8, 4) is 0 Å². The quantitative estimate of drug-likeness (QED) is 0.390. The molecule has 0 aromatic heterocycles. The third kappa shape index (κ3) is 1.64. The second-order valence-corrected chi connectivity index (χ2v) is 2.00. The molecule has 0 bridgehead atoms. The average molecular weight is 152 g/mol. The van der Waals surface area contributed by atoms with E-state index in [-0.39, 0.29) is 5.56 Å². The molecule has 0 spiro atoms. The molecule has 0 heterocycles. The van der Waals surface area contributed by atoms with Gasteiger partial charge in [0.25, 0.3) is 5.78 Å². The number of ketones is 1. The lowest BCUT2D eigenvalue weighted by Gasteiger charge is -1.91. The van der Waals surface area contributed by atoms with Gasteiger partial charge < -0.3 is 5.11 Å². The fourth-order valence-electron chi connectivity index (χ4n) is 0.713. The predicted molar refractivity (Wildman–Crippen MR) is 38.4 cm³/mol. The lowest BCUT2D eigenvalue weighted by atomic mass is 10.2. The second kappa shape index (κ2) is 2.96. The first-order valence-electron chi connectivity index (χ1n) is 3.04. The molecular formula is C8H6O3. The summed E-state index contributed by atoms with van der Waals surface area (Å²) < 4.78 is 0. The molecule has 1 aromatic rings. The number of carboxylic acids is 1. The molecule has 0 fully saturated rings. The molecule has 1 N–H and O–H groups in total. The number of carbonyl (C=O) groups excluding carboxylic acids is 1. The molecule has 56 valence electrons. The van der Waals surface area contributed by atoms with E-state index in [2.05, 4.69) is 0 Å². The highest BCUT2D eigenvalue weighted by atomic mass is 16.5. The average Bonchev–Trinajstić information content (AvgIpc) is 2.05. The summed E-state index contributed by atoms with van der Waals surface area (Å²) in [6.45, 7) is 0. The molecular weight excluding hydrogens is 146 g/mol. The van der Waals surface area contributed by atoms with Crippen LogP contribution in [0.1, 0.15) is 10.4 Å². The van der Waals surface area contributed by atoms with Gasteiger partial charge >= 0.3 is 5.97 Å². The minimum Gasteiger partial charge on any atom is -0.475 e. The number of rotatable bonds is 2. The first kappa shape index (κ1) is 7.47. The summed E-state index contributed by atoms with van der Waals surface area (Å²) in [5.74, 6) is -2.29. The van der Waals surface area contributed by atoms with Crippen LogP contribution >= 0.6 is 0 Å². The highest BCUT2D eigenvalue weighted by Crippen LogP contribution is 1.98. The van der Waals surface area contributed by atoms with Crippen LogP contribution in [-0.2, 0) is 4.79 Å². The Labute approximate surface area is 63.3 Å². The summed E-state index contributed by atoms with van der Waals surface area (Å²) >= 11 is 0. The first-order chi connectivity index (χ1) is 5.22. The SMILES string of the molecule is O=C(c1ccc[13cH]c1)[13C](=O)O. The standard InChI is InChI=1S/C8H6O3/c9-7(8(10)11)6-4-2-1-3-5-6/h1-5H,(H,10,11)/i2+1,8+1. The van der Waals surface area contributed by atoms with E-state index in [0.717, 1.165) is 0 Å². The Bertz CT molecular complexity index is 277. The Kier molecular flexibility index (Phi) is 2.01. The Balaban J connectivity index is 2.95. The minimum atomic E-state index is -1.42. The van der Waals surface area contributed by atoms with Gasteiger partial charge in [-0.05, 0) is 0 Å². The maximum absolute atomic E-state index is 10.7. The molecule has 0 radical (unpaired) electrons. The summed E-state index contributed by atoms with van der Waals surface area (Å²) in [7, 11) is 0. The summed E-state index contributed by atoms with van der Waals surface area (Å²) in [6.07, 6.45) is 0. The molecule has 0 saturated carbocycles. The molecule has 0 atom stereocenters. The van der Waals surface area contributed by atoms with Crippen LogP contribution in [0.2, 0.25) is 0 Å². The number of hydrogen-bond donors (Lipinski definition) is 1. The molecule has 0 unspecified atom stereocenters. The molecule has 3 nitrogen and oxygen atoms in total. The number of Topliss-reactive ketones (excluding diaryl/α,β-unsaturated/α-hetero) is 1. The molecule has 0 aliphatic carbocycles. The Hall–Kier alpha value is -1.64. The van der Waals surface area contributed by atoms with Gasteiger partial charge in [-0.15, -0.1) is 0 Å². The van der Waals surface area contributed by atoms with Gasteiger partial charge in [0.15, 0.2) is 0 Å². The van der Waals surface area contributed by atoms with Gasteiger partial charge in [-0.3, -0.25) is 4.79 Å². The maximum atomic E-state index is 10.7. The lowest BCUT2D eigenvalue weighted by molar-refractivity contribution is -0.131. The third-order valence-electron chi connectivity index (χ3n) is 1.23. The first-order valence-corrected chi connectivity index (χ1v) is 3.04. The topological polar surface area (TPSA) is 54.4 Å². The van der Waals surface area contributed by atoms with Crippen LogP contribution in [0.15, 0.2) is 30.3 Å². The van der Waals surface area contributed by atoms with Crippen molar-refractivity contribution >= 4 is 11.8 Å². The molecule has 0 aliphatic heterocycles. The van der Waals surface area contributed by atoms with Crippen molar-refractivity contribution in [1.29, 1.82) is 0 Å². The summed E-state index contributed by atoms with van der Waals surface area (Å²) in [6, 6.07) is 7.90. The number of hydrogen-bond acceptors (Lipinski definition) is 2. The molecule has 1 rings (SSSR count). The third-order valence-corrected chi connectivity index (χ3v) is 1.23. The number of carbonyl (C=O) groups is 2. The Morgan fingerprint density at radius 1 is 1.09 bits per heavy atom. The van der Waals surface area contributed by atoms with Crippen LogP contribution in [0.25, 0.3) is 0 Å². The predicted octanol–water partition coefficient (Wildman–Crippen LogP) is 0.954. The number of carboxylic acid groups (broad SMARTS) is 1. The van der Waals surface area contributed by atoms with Gasteiger partial charge in [0, 0.05) is 5.56 Å². The van der Waals surface area contributed by atoms with Crippen LogP contribution in [0.5, 0.6) is 0 Å². The smallest absolute Gasteiger partial charge is 0.377 e. The van der Waals surface area contributed by atoms with Crippen LogP contribution in [0, 0.1) is 0 Å². The van der Waals surface area contributed by atoms with Crippen LogP contribution < -0.4 is 0 Å². The van der Waals surface area contributed by atoms with Crippen LogP contribution in [0.3, 0.4) is 0 Å². The van der Waals surface area contributed by atoms with Crippen molar-refractivity contribution in [2.45, 2.75) is 0 Å². The van der Waals surface area contributed by atoms with E-state index >= 15 is 0 Å².